The van der Waals surface area contributed by atoms with Gasteiger partial charge in [0, 0.05) is 20.2 Å². The maximum absolute atomic E-state index is 14.0. The molecule has 0 aromatic heterocycles. The van der Waals surface area contributed by atoms with Gasteiger partial charge in [0.05, 0.1) is 13.2 Å². The van der Waals surface area contributed by atoms with Gasteiger partial charge in [-0.2, -0.15) is 0 Å². The van der Waals surface area contributed by atoms with E-state index in [1.165, 1.54) is 32.1 Å². The van der Waals surface area contributed by atoms with E-state index < -0.39 is 0 Å². The fraction of sp³-hybridized carbons (Fsp3) is 0.647. The summed E-state index contributed by atoms with van der Waals surface area (Å²) in [5, 5.41) is 3.20. The fourth-order valence-electron chi connectivity index (χ4n) is 2.74. The molecular weight excluding hydrogens is 269 g/mol. The zero-order valence-corrected chi connectivity index (χ0v) is 12.9. The number of rotatable bonds is 8. The Hall–Kier alpha value is -1.13. The molecule has 0 amide bonds. The van der Waals surface area contributed by atoms with E-state index >= 15 is 0 Å². The molecule has 0 spiro atoms. The van der Waals surface area contributed by atoms with E-state index in [0.29, 0.717) is 31.4 Å². The Morgan fingerprint density at radius 3 is 2.76 bits per heavy atom. The van der Waals surface area contributed by atoms with Crippen LogP contribution in [-0.4, -0.2) is 26.9 Å². The van der Waals surface area contributed by atoms with E-state index in [2.05, 4.69) is 5.32 Å². The summed E-state index contributed by atoms with van der Waals surface area (Å²) >= 11 is 0. The smallest absolute Gasteiger partial charge is 0.165 e. The molecular formula is C17H26FNO2. The lowest BCUT2D eigenvalue weighted by Gasteiger charge is -2.21. The predicted octanol–water partition coefficient (Wildman–Crippen LogP) is 3.52. The topological polar surface area (TPSA) is 30.5 Å². The van der Waals surface area contributed by atoms with Crippen LogP contribution >= 0.6 is 0 Å². The highest BCUT2D eigenvalue weighted by molar-refractivity contribution is 5.29. The normalized spacial score (nSPS) is 16.1. The first kappa shape index (κ1) is 16.2. The molecule has 0 bridgehead atoms. The molecule has 21 heavy (non-hydrogen) atoms. The third-order valence-corrected chi connectivity index (χ3v) is 4.01. The molecule has 1 saturated carbocycles. The van der Waals surface area contributed by atoms with Crippen LogP contribution in [0.15, 0.2) is 18.2 Å². The number of hydrogen-bond donors (Lipinski definition) is 1. The van der Waals surface area contributed by atoms with E-state index in [-0.39, 0.29) is 5.82 Å². The number of halogens is 1. The van der Waals surface area contributed by atoms with E-state index in [9.17, 15) is 4.39 Å². The molecule has 1 aliphatic rings. The summed E-state index contributed by atoms with van der Waals surface area (Å²) in [6, 6.07) is 5.21. The molecule has 2 rings (SSSR count). The van der Waals surface area contributed by atoms with Crippen molar-refractivity contribution < 1.29 is 13.9 Å². The number of ether oxygens (including phenoxy) is 2. The Labute approximate surface area is 126 Å². The fourth-order valence-corrected chi connectivity index (χ4v) is 2.74. The molecule has 0 heterocycles. The van der Waals surface area contributed by atoms with E-state index in [4.69, 9.17) is 9.47 Å². The van der Waals surface area contributed by atoms with Gasteiger partial charge in [-0.05, 0) is 36.5 Å². The molecule has 118 valence electrons. The highest BCUT2D eigenvalue weighted by atomic mass is 19.1. The largest absolute Gasteiger partial charge is 0.490 e. The predicted molar refractivity (Wildman–Crippen MR) is 82.1 cm³/mol. The average Bonchev–Trinajstić information content (AvgIpc) is 2.52. The lowest BCUT2D eigenvalue weighted by molar-refractivity contribution is 0.199. The van der Waals surface area contributed by atoms with Crippen LogP contribution in [0.2, 0.25) is 0 Å². The van der Waals surface area contributed by atoms with Crippen molar-refractivity contribution >= 4 is 0 Å². The summed E-state index contributed by atoms with van der Waals surface area (Å²) in [5.41, 5.74) is 0.925. The zero-order chi connectivity index (χ0) is 14.9. The highest BCUT2D eigenvalue weighted by Crippen LogP contribution is 2.25. The molecule has 3 nitrogen and oxygen atoms in total. The quantitative estimate of drug-likeness (QED) is 0.744. The molecule has 0 saturated heterocycles. The van der Waals surface area contributed by atoms with Gasteiger partial charge in [-0.25, -0.2) is 4.39 Å². The molecule has 1 aliphatic carbocycles. The molecule has 4 heteroatoms. The SMILES string of the molecule is COCCNCc1ccc(OCC2CCCCC2)c(F)c1. The third-order valence-electron chi connectivity index (χ3n) is 4.01. The van der Waals surface area contributed by atoms with Crippen LogP contribution in [0.1, 0.15) is 37.7 Å². The molecule has 0 unspecified atom stereocenters. The Morgan fingerprint density at radius 2 is 2.05 bits per heavy atom. The van der Waals surface area contributed by atoms with Gasteiger partial charge in [0.2, 0.25) is 0 Å². The third kappa shape index (κ3) is 5.64. The van der Waals surface area contributed by atoms with E-state index in [1.807, 2.05) is 6.07 Å². The van der Waals surface area contributed by atoms with Crippen molar-refractivity contribution in [1.29, 1.82) is 0 Å². The van der Waals surface area contributed by atoms with Gasteiger partial charge in [-0.3, -0.25) is 0 Å². The van der Waals surface area contributed by atoms with Gasteiger partial charge in [0.1, 0.15) is 0 Å². The van der Waals surface area contributed by atoms with Crippen LogP contribution in [0, 0.1) is 11.7 Å². The van der Waals surface area contributed by atoms with Gasteiger partial charge in [0.15, 0.2) is 11.6 Å². The average molecular weight is 295 g/mol. The summed E-state index contributed by atoms with van der Waals surface area (Å²) in [6.45, 7) is 2.70. The molecule has 1 N–H and O–H groups in total. The minimum absolute atomic E-state index is 0.267. The van der Waals surface area contributed by atoms with E-state index in [0.717, 1.165) is 12.1 Å². The number of methoxy groups -OCH3 is 1. The van der Waals surface area contributed by atoms with Gasteiger partial charge in [-0.15, -0.1) is 0 Å². The van der Waals surface area contributed by atoms with Crippen molar-refractivity contribution in [3.8, 4) is 5.75 Å². The monoisotopic (exact) mass is 295 g/mol. The number of benzene rings is 1. The summed E-state index contributed by atoms with van der Waals surface area (Å²) in [6.07, 6.45) is 6.31. The summed E-state index contributed by atoms with van der Waals surface area (Å²) in [7, 11) is 1.67. The Morgan fingerprint density at radius 1 is 1.24 bits per heavy atom. The molecule has 0 aliphatic heterocycles. The van der Waals surface area contributed by atoms with Crippen molar-refractivity contribution in [2.75, 3.05) is 26.9 Å². The van der Waals surface area contributed by atoms with Crippen molar-refractivity contribution in [1.82, 2.24) is 5.32 Å². The summed E-state index contributed by atoms with van der Waals surface area (Å²) in [5.74, 6) is 0.701. The molecule has 1 fully saturated rings. The second-order valence-electron chi connectivity index (χ2n) is 5.75. The first-order chi connectivity index (χ1) is 10.3. The standard InChI is InChI=1S/C17H26FNO2/c1-20-10-9-19-12-15-7-8-17(16(18)11-15)21-13-14-5-3-2-4-6-14/h7-8,11,14,19H,2-6,9-10,12-13H2,1H3. The molecule has 0 radical (unpaired) electrons. The van der Waals surface area contributed by atoms with Crippen LogP contribution in [-0.2, 0) is 11.3 Å². The number of hydrogen-bond acceptors (Lipinski definition) is 3. The first-order valence-electron chi connectivity index (χ1n) is 7.90. The minimum atomic E-state index is -0.267. The Kier molecular flexibility index (Phi) is 6.96. The second-order valence-corrected chi connectivity index (χ2v) is 5.75. The van der Waals surface area contributed by atoms with Crippen molar-refractivity contribution in [2.24, 2.45) is 5.92 Å². The minimum Gasteiger partial charge on any atom is -0.490 e. The second kappa shape index (κ2) is 9.00. The maximum Gasteiger partial charge on any atom is 0.165 e. The van der Waals surface area contributed by atoms with Crippen LogP contribution in [0.4, 0.5) is 4.39 Å². The van der Waals surface area contributed by atoms with Gasteiger partial charge in [0.25, 0.3) is 0 Å². The van der Waals surface area contributed by atoms with Crippen LogP contribution < -0.4 is 10.1 Å². The lowest BCUT2D eigenvalue weighted by atomic mass is 9.90. The summed E-state index contributed by atoms with van der Waals surface area (Å²) < 4.78 is 24.6. The zero-order valence-electron chi connectivity index (χ0n) is 12.9. The van der Waals surface area contributed by atoms with Gasteiger partial charge >= 0.3 is 0 Å². The van der Waals surface area contributed by atoms with Crippen molar-refractivity contribution in [3.63, 3.8) is 0 Å². The van der Waals surface area contributed by atoms with Crippen molar-refractivity contribution in [3.05, 3.63) is 29.6 Å². The highest BCUT2D eigenvalue weighted by Gasteiger charge is 2.15. The molecule has 0 atom stereocenters. The molecule has 1 aromatic rings. The lowest BCUT2D eigenvalue weighted by Crippen LogP contribution is -2.18. The Bertz CT molecular complexity index is 419. The van der Waals surface area contributed by atoms with Crippen LogP contribution in [0.3, 0.4) is 0 Å². The first-order valence-corrected chi connectivity index (χ1v) is 7.90. The number of nitrogens with one attached hydrogen (secondary N) is 1. The summed E-state index contributed by atoms with van der Waals surface area (Å²) in [4.78, 5) is 0. The molecule has 1 aromatic carbocycles. The van der Waals surface area contributed by atoms with Gasteiger partial charge < -0.3 is 14.8 Å². The van der Waals surface area contributed by atoms with E-state index in [1.54, 1.807) is 19.2 Å². The Balaban J connectivity index is 1.78. The van der Waals surface area contributed by atoms with Crippen LogP contribution in [0.25, 0.3) is 0 Å². The maximum atomic E-state index is 14.0. The van der Waals surface area contributed by atoms with Crippen LogP contribution in [0.5, 0.6) is 5.75 Å². The van der Waals surface area contributed by atoms with Crippen molar-refractivity contribution in [2.45, 2.75) is 38.6 Å². The van der Waals surface area contributed by atoms with Gasteiger partial charge in [-0.1, -0.05) is 25.3 Å².